The highest BCUT2D eigenvalue weighted by atomic mass is 32.1. The minimum Gasteiger partial charge on any atom is -0.370 e. The molecule has 0 aliphatic rings. The zero-order valence-corrected chi connectivity index (χ0v) is 12.6. The minimum absolute atomic E-state index is 0.482. The van der Waals surface area contributed by atoms with Crippen LogP contribution in [-0.2, 0) is 13.1 Å². The van der Waals surface area contributed by atoms with E-state index in [9.17, 15) is 0 Å². The number of rotatable bonds is 6. The van der Waals surface area contributed by atoms with Crippen LogP contribution in [0.3, 0.4) is 0 Å². The summed E-state index contributed by atoms with van der Waals surface area (Å²) in [5.74, 6) is 0. The van der Waals surface area contributed by atoms with E-state index in [-0.39, 0.29) is 0 Å². The van der Waals surface area contributed by atoms with Gasteiger partial charge in [0, 0.05) is 49.8 Å². The normalized spacial score (nSPS) is 10.9. The predicted molar refractivity (Wildman–Crippen MR) is 82.6 cm³/mol. The third kappa shape index (κ3) is 4.04. The lowest BCUT2D eigenvalue weighted by Crippen LogP contribution is -2.24. The van der Waals surface area contributed by atoms with Crippen LogP contribution >= 0.6 is 11.3 Å². The predicted octanol–water partition coefficient (Wildman–Crippen LogP) is 3.28. The van der Waals surface area contributed by atoms with Crippen molar-refractivity contribution in [3.8, 4) is 0 Å². The van der Waals surface area contributed by atoms with Gasteiger partial charge in [0.25, 0.3) is 0 Å². The average molecular weight is 275 g/mol. The van der Waals surface area contributed by atoms with Gasteiger partial charge in [0.1, 0.15) is 0 Å². The second kappa shape index (κ2) is 6.68. The van der Waals surface area contributed by atoms with Crippen LogP contribution in [0.4, 0.5) is 5.69 Å². The van der Waals surface area contributed by atoms with E-state index in [2.05, 4.69) is 59.0 Å². The molecular formula is C15H21N3S. The third-order valence-corrected chi connectivity index (χ3v) is 3.72. The molecule has 102 valence electrons. The smallest absolute Gasteiger partial charge is 0.0443 e. The van der Waals surface area contributed by atoms with E-state index >= 15 is 0 Å². The molecule has 0 unspecified atom stereocenters. The molecule has 0 saturated carbocycles. The van der Waals surface area contributed by atoms with Gasteiger partial charge in [-0.1, -0.05) is 13.8 Å². The highest BCUT2D eigenvalue weighted by Crippen LogP contribution is 2.20. The molecule has 0 atom stereocenters. The zero-order chi connectivity index (χ0) is 13.7. The number of nitrogens with zero attached hydrogens (tertiary/aromatic N) is 2. The Hall–Kier alpha value is -1.39. The first-order chi connectivity index (χ1) is 9.16. The Labute approximate surface area is 119 Å². The first-order valence-corrected chi connectivity index (χ1v) is 7.49. The van der Waals surface area contributed by atoms with Crippen molar-refractivity contribution in [1.82, 2.24) is 10.3 Å². The number of nitrogens with one attached hydrogen (secondary N) is 1. The lowest BCUT2D eigenvalue weighted by atomic mass is 10.2. The summed E-state index contributed by atoms with van der Waals surface area (Å²) in [5.41, 5.74) is 3.84. The minimum atomic E-state index is 0.482. The molecule has 0 aromatic carbocycles. The number of hydrogen-bond acceptors (Lipinski definition) is 4. The molecule has 2 heterocycles. The topological polar surface area (TPSA) is 28.2 Å². The van der Waals surface area contributed by atoms with Crippen LogP contribution in [-0.4, -0.2) is 18.1 Å². The Morgan fingerprint density at radius 3 is 2.89 bits per heavy atom. The molecule has 2 aromatic rings. The zero-order valence-electron chi connectivity index (χ0n) is 11.8. The molecule has 0 spiro atoms. The summed E-state index contributed by atoms with van der Waals surface area (Å²) in [6.45, 7) is 6.10. The highest BCUT2D eigenvalue weighted by Gasteiger charge is 2.08. The second-order valence-corrected chi connectivity index (χ2v) is 5.81. The van der Waals surface area contributed by atoms with E-state index in [4.69, 9.17) is 0 Å². The maximum Gasteiger partial charge on any atom is 0.0443 e. The van der Waals surface area contributed by atoms with Gasteiger partial charge in [0.05, 0.1) is 0 Å². The van der Waals surface area contributed by atoms with Gasteiger partial charge >= 0.3 is 0 Å². The molecule has 0 aliphatic carbocycles. The van der Waals surface area contributed by atoms with Gasteiger partial charge in [-0.25, -0.2) is 0 Å². The van der Waals surface area contributed by atoms with Crippen molar-refractivity contribution in [2.75, 3.05) is 11.9 Å². The summed E-state index contributed by atoms with van der Waals surface area (Å²) < 4.78 is 0. The molecule has 2 aromatic heterocycles. The molecule has 0 saturated heterocycles. The molecule has 3 nitrogen and oxygen atoms in total. The van der Waals surface area contributed by atoms with Crippen LogP contribution in [0.1, 0.15) is 25.0 Å². The number of pyridine rings is 1. The van der Waals surface area contributed by atoms with E-state index in [1.165, 1.54) is 16.8 Å². The second-order valence-electron chi connectivity index (χ2n) is 5.03. The molecule has 2 rings (SSSR count). The van der Waals surface area contributed by atoms with E-state index in [0.717, 1.165) is 13.1 Å². The third-order valence-electron chi connectivity index (χ3n) is 2.99. The molecular weight excluding hydrogens is 254 g/mol. The monoisotopic (exact) mass is 275 g/mol. The Morgan fingerprint density at radius 1 is 1.37 bits per heavy atom. The van der Waals surface area contributed by atoms with Gasteiger partial charge in [-0.3, -0.25) is 4.98 Å². The number of aromatic nitrogens is 1. The summed E-state index contributed by atoms with van der Waals surface area (Å²) in [7, 11) is 2.13. The van der Waals surface area contributed by atoms with E-state index in [0.29, 0.717) is 6.04 Å². The summed E-state index contributed by atoms with van der Waals surface area (Å²) in [6.07, 6.45) is 3.81. The lowest BCUT2D eigenvalue weighted by molar-refractivity contribution is 0.587. The molecule has 0 radical (unpaired) electrons. The van der Waals surface area contributed by atoms with Crippen molar-refractivity contribution >= 4 is 17.0 Å². The Bertz CT molecular complexity index is 494. The fourth-order valence-corrected chi connectivity index (χ4v) is 2.64. The van der Waals surface area contributed by atoms with E-state index < -0.39 is 0 Å². The average Bonchev–Trinajstić information content (AvgIpc) is 2.89. The first kappa shape index (κ1) is 14.0. The van der Waals surface area contributed by atoms with Crippen LogP contribution < -0.4 is 10.2 Å². The standard InChI is InChI=1S/C15H21N3S/c1-12(2)17-9-14-8-16-6-4-15(14)18(3)10-13-5-7-19-11-13/h4-8,11-12,17H,9-10H2,1-3H3. The summed E-state index contributed by atoms with van der Waals surface area (Å²) in [4.78, 5) is 6.52. The van der Waals surface area contributed by atoms with Gasteiger partial charge in [0.2, 0.25) is 0 Å². The van der Waals surface area contributed by atoms with Crippen molar-refractivity contribution in [1.29, 1.82) is 0 Å². The van der Waals surface area contributed by atoms with E-state index in [1.807, 2.05) is 12.4 Å². The molecule has 0 amide bonds. The van der Waals surface area contributed by atoms with Crippen molar-refractivity contribution < 1.29 is 0 Å². The Morgan fingerprint density at radius 2 is 2.21 bits per heavy atom. The maximum atomic E-state index is 4.24. The van der Waals surface area contributed by atoms with Crippen molar-refractivity contribution in [3.63, 3.8) is 0 Å². The Kier molecular flexibility index (Phi) is 4.93. The summed E-state index contributed by atoms with van der Waals surface area (Å²) in [6, 6.07) is 4.74. The van der Waals surface area contributed by atoms with Crippen LogP contribution in [0.25, 0.3) is 0 Å². The SMILES string of the molecule is CC(C)NCc1cnccc1N(C)Cc1ccsc1. The molecule has 4 heteroatoms. The summed E-state index contributed by atoms with van der Waals surface area (Å²) in [5, 5.41) is 7.77. The number of hydrogen-bond donors (Lipinski definition) is 1. The number of anilines is 1. The fourth-order valence-electron chi connectivity index (χ4n) is 1.98. The van der Waals surface area contributed by atoms with Gasteiger partial charge in [-0.15, -0.1) is 0 Å². The fraction of sp³-hybridized carbons (Fsp3) is 0.400. The molecule has 0 aliphatic heterocycles. The lowest BCUT2D eigenvalue weighted by Gasteiger charge is -2.22. The van der Waals surface area contributed by atoms with Crippen LogP contribution in [0.15, 0.2) is 35.3 Å². The van der Waals surface area contributed by atoms with Crippen molar-refractivity contribution in [3.05, 3.63) is 46.4 Å². The Balaban J connectivity index is 2.09. The van der Waals surface area contributed by atoms with Gasteiger partial charge in [0.15, 0.2) is 0 Å². The molecule has 19 heavy (non-hydrogen) atoms. The largest absolute Gasteiger partial charge is 0.370 e. The summed E-state index contributed by atoms with van der Waals surface area (Å²) >= 11 is 1.74. The van der Waals surface area contributed by atoms with E-state index in [1.54, 1.807) is 11.3 Å². The van der Waals surface area contributed by atoms with Crippen LogP contribution in [0, 0.1) is 0 Å². The highest BCUT2D eigenvalue weighted by molar-refractivity contribution is 7.07. The van der Waals surface area contributed by atoms with Crippen molar-refractivity contribution in [2.45, 2.75) is 33.0 Å². The van der Waals surface area contributed by atoms with Gasteiger partial charge in [-0.05, 0) is 28.5 Å². The molecule has 0 fully saturated rings. The molecule has 1 N–H and O–H groups in total. The van der Waals surface area contributed by atoms with Gasteiger partial charge < -0.3 is 10.2 Å². The first-order valence-electron chi connectivity index (χ1n) is 6.55. The van der Waals surface area contributed by atoms with Crippen LogP contribution in [0.5, 0.6) is 0 Å². The number of thiophene rings is 1. The van der Waals surface area contributed by atoms with Crippen molar-refractivity contribution in [2.24, 2.45) is 0 Å². The molecule has 0 bridgehead atoms. The van der Waals surface area contributed by atoms with Crippen LogP contribution in [0.2, 0.25) is 0 Å². The van der Waals surface area contributed by atoms with Gasteiger partial charge in [-0.2, -0.15) is 11.3 Å². The quantitative estimate of drug-likeness (QED) is 0.877. The maximum absolute atomic E-state index is 4.24.